The maximum atomic E-state index is 11.3. The molecule has 0 aliphatic heterocycles. The molecule has 4 nitrogen and oxygen atoms in total. The second-order valence-corrected chi connectivity index (χ2v) is 4.08. The fourth-order valence-corrected chi connectivity index (χ4v) is 2.05. The second-order valence-electron chi connectivity index (χ2n) is 4.08. The van der Waals surface area contributed by atoms with Crippen molar-refractivity contribution in [1.29, 1.82) is 0 Å². The van der Waals surface area contributed by atoms with E-state index in [1.54, 1.807) is 7.05 Å². The summed E-state index contributed by atoms with van der Waals surface area (Å²) >= 11 is 0. The lowest BCUT2D eigenvalue weighted by Crippen LogP contribution is -2.41. The molecule has 0 spiro atoms. The van der Waals surface area contributed by atoms with Gasteiger partial charge < -0.3 is 5.32 Å². The summed E-state index contributed by atoms with van der Waals surface area (Å²) < 4.78 is 0. The largest absolute Gasteiger partial charge is 0.358 e. The summed E-state index contributed by atoms with van der Waals surface area (Å²) in [5, 5.41) is 2.62. The molecule has 1 saturated carbocycles. The van der Waals surface area contributed by atoms with E-state index in [1.807, 2.05) is 0 Å². The zero-order chi connectivity index (χ0) is 11.3. The third kappa shape index (κ3) is 3.63. The van der Waals surface area contributed by atoms with Crippen LogP contribution in [0.2, 0.25) is 0 Å². The molecular weight excluding hydrogens is 192 g/mol. The summed E-state index contributed by atoms with van der Waals surface area (Å²) in [6.07, 6.45) is 3.23. The average molecular weight is 212 g/mol. The minimum atomic E-state index is 0.0304. The topological polar surface area (TPSA) is 49.4 Å². The number of amides is 1. The van der Waals surface area contributed by atoms with Crippen molar-refractivity contribution in [2.45, 2.75) is 38.6 Å². The molecule has 15 heavy (non-hydrogen) atoms. The lowest BCUT2D eigenvalue weighted by Gasteiger charge is -2.26. The molecule has 86 valence electrons. The fourth-order valence-electron chi connectivity index (χ4n) is 2.05. The molecule has 0 saturated heterocycles. The second kappa shape index (κ2) is 5.85. The Labute approximate surface area is 91.0 Å². The van der Waals surface area contributed by atoms with Crippen LogP contribution in [0.1, 0.15) is 32.6 Å². The highest BCUT2D eigenvalue weighted by Gasteiger charge is 2.27. The average Bonchev–Trinajstić information content (AvgIpc) is 2.64. The Hall–Kier alpha value is -0.900. The number of nitrogens with zero attached hydrogens (tertiary/aromatic N) is 1. The smallest absolute Gasteiger partial charge is 0.233 e. The number of carbonyl (C=O) groups excluding carboxylic acids is 2. The van der Waals surface area contributed by atoms with Crippen LogP contribution in [0.5, 0.6) is 0 Å². The number of hydrogen-bond acceptors (Lipinski definition) is 3. The Morgan fingerprint density at radius 3 is 2.80 bits per heavy atom. The van der Waals surface area contributed by atoms with Gasteiger partial charge in [0.05, 0.1) is 6.54 Å². The molecule has 1 fully saturated rings. The van der Waals surface area contributed by atoms with E-state index in [0.717, 1.165) is 19.4 Å². The Morgan fingerprint density at radius 1 is 1.60 bits per heavy atom. The molecular formula is C11H20N2O2. The maximum absolute atomic E-state index is 11.3. The first-order valence-corrected chi connectivity index (χ1v) is 5.63. The highest BCUT2D eigenvalue weighted by atomic mass is 16.2. The van der Waals surface area contributed by atoms with E-state index in [9.17, 15) is 9.59 Å². The molecule has 1 N–H and O–H groups in total. The SMILES string of the molecule is CCCN(CC(=O)NC)C1CCC(=O)C1. The Kier molecular flexibility index (Phi) is 4.75. The Bertz CT molecular complexity index is 241. The highest BCUT2D eigenvalue weighted by molar-refractivity contribution is 5.81. The van der Waals surface area contributed by atoms with Crippen LogP contribution in [0.15, 0.2) is 0 Å². The van der Waals surface area contributed by atoms with Crippen LogP contribution in [-0.4, -0.2) is 42.8 Å². The van der Waals surface area contributed by atoms with E-state index in [4.69, 9.17) is 0 Å². The number of carbonyl (C=O) groups is 2. The van der Waals surface area contributed by atoms with Gasteiger partial charge in [0.25, 0.3) is 0 Å². The lowest BCUT2D eigenvalue weighted by atomic mass is 10.2. The fraction of sp³-hybridized carbons (Fsp3) is 0.818. The third-order valence-corrected chi connectivity index (χ3v) is 2.87. The highest BCUT2D eigenvalue weighted by Crippen LogP contribution is 2.20. The van der Waals surface area contributed by atoms with Crippen molar-refractivity contribution in [3.63, 3.8) is 0 Å². The first kappa shape index (κ1) is 12.2. The molecule has 0 radical (unpaired) electrons. The van der Waals surface area contributed by atoms with Gasteiger partial charge in [0.1, 0.15) is 5.78 Å². The van der Waals surface area contributed by atoms with Crippen molar-refractivity contribution < 1.29 is 9.59 Å². The van der Waals surface area contributed by atoms with Crippen molar-refractivity contribution >= 4 is 11.7 Å². The Morgan fingerprint density at radius 2 is 2.33 bits per heavy atom. The quantitative estimate of drug-likeness (QED) is 0.724. The number of ketones is 1. The van der Waals surface area contributed by atoms with Gasteiger partial charge in [0.2, 0.25) is 5.91 Å². The number of rotatable bonds is 5. The van der Waals surface area contributed by atoms with Crippen LogP contribution in [0, 0.1) is 0 Å². The van der Waals surface area contributed by atoms with Crippen LogP contribution in [-0.2, 0) is 9.59 Å². The van der Waals surface area contributed by atoms with E-state index < -0.39 is 0 Å². The monoisotopic (exact) mass is 212 g/mol. The molecule has 1 amide bonds. The summed E-state index contributed by atoms with van der Waals surface area (Å²) in [5.41, 5.74) is 0. The van der Waals surface area contributed by atoms with Crippen LogP contribution >= 0.6 is 0 Å². The van der Waals surface area contributed by atoms with E-state index >= 15 is 0 Å². The summed E-state index contributed by atoms with van der Waals surface area (Å²) in [6.45, 7) is 3.40. The zero-order valence-corrected chi connectivity index (χ0v) is 9.58. The normalized spacial score (nSPS) is 21.0. The molecule has 0 aromatic heterocycles. The molecule has 1 aliphatic carbocycles. The molecule has 1 aliphatic rings. The molecule has 1 unspecified atom stereocenters. The molecule has 0 aromatic rings. The van der Waals surface area contributed by atoms with Crippen LogP contribution in [0.3, 0.4) is 0 Å². The van der Waals surface area contributed by atoms with Gasteiger partial charge in [-0.2, -0.15) is 0 Å². The van der Waals surface area contributed by atoms with Crippen molar-refractivity contribution in [2.75, 3.05) is 20.1 Å². The van der Waals surface area contributed by atoms with Gasteiger partial charge in [-0.1, -0.05) is 6.92 Å². The first-order chi connectivity index (χ1) is 7.17. The van der Waals surface area contributed by atoms with Gasteiger partial charge in [-0.15, -0.1) is 0 Å². The maximum Gasteiger partial charge on any atom is 0.233 e. The van der Waals surface area contributed by atoms with Gasteiger partial charge >= 0.3 is 0 Å². The summed E-state index contributed by atoms with van der Waals surface area (Å²) in [4.78, 5) is 24.6. The standard InChI is InChI=1S/C11H20N2O2/c1-3-6-13(8-11(15)12-2)9-4-5-10(14)7-9/h9H,3-8H2,1-2H3,(H,12,15). The Balaban J connectivity index is 2.49. The van der Waals surface area contributed by atoms with Crippen molar-refractivity contribution in [1.82, 2.24) is 10.2 Å². The summed E-state index contributed by atoms with van der Waals surface area (Å²) in [7, 11) is 1.65. The summed E-state index contributed by atoms with van der Waals surface area (Å²) in [5.74, 6) is 0.362. The number of nitrogens with one attached hydrogen (secondary N) is 1. The van der Waals surface area contributed by atoms with E-state index in [1.165, 1.54) is 0 Å². The van der Waals surface area contributed by atoms with E-state index in [-0.39, 0.29) is 11.9 Å². The van der Waals surface area contributed by atoms with E-state index in [2.05, 4.69) is 17.1 Å². The van der Waals surface area contributed by atoms with Gasteiger partial charge in [-0.3, -0.25) is 14.5 Å². The summed E-state index contributed by atoms with van der Waals surface area (Å²) in [6, 6.07) is 0.287. The third-order valence-electron chi connectivity index (χ3n) is 2.87. The van der Waals surface area contributed by atoms with Crippen LogP contribution in [0.25, 0.3) is 0 Å². The van der Waals surface area contributed by atoms with Crippen molar-refractivity contribution in [3.8, 4) is 0 Å². The predicted octanol–water partition coefficient (Wildman–Crippen LogP) is 0.566. The minimum Gasteiger partial charge on any atom is -0.358 e. The molecule has 0 aromatic carbocycles. The van der Waals surface area contributed by atoms with Gasteiger partial charge in [-0.05, 0) is 19.4 Å². The van der Waals surface area contributed by atoms with E-state index in [0.29, 0.717) is 25.2 Å². The lowest BCUT2D eigenvalue weighted by molar-refractivity contribution is -0.123. The number of hydrogen-bond donors (Lipinski definition) is 1. The van der Waals surface area contributed by atoms with Crippen molar-refractivity contribution in [3.05, 3.63) is 0 Å². The molecule has 1 atom stereocenters. The molecule has 1 rings (SSSR count). The predicted molar refractivity (Wildman–Crippen MR) is 58.6 cm³/mol. The van der Waals surface area contributed by atoms with Crippen molar-refractivity contribution in [2.24, 2.45) is 0 Å². The van der Waals surface area contributed by atoms with Crippen LogP contribution < -0.4 is 5.32 Å². The molecule has 0 bridgehead atoms. The molecule has 0 heterocycles. The van der Waals surface area contributed by atoms with Gasteiger partial charge in [0, 0.05) is 25.9 Å². The van der Waals surface area contributed by atoms with Gasteiger partial charge in [0.15, 0.2) is 0 Å². The van der Waals surface area contributed by atoms with Gasteiger partial charge in [-0.25, -0.2) is 0 Å². The first-order valence-electron chi connectivity index (χ1n) is 5.63. The molecule has 4 heteroatoms. The zero-order valence-electron chi connectivity index (χ0n) is 9.58. The number of likely N-dealkylation sites (N-methyl/N-ethyl adjacent to an activating group) is 1. The minimum absolute atomic E-state index is 0.0304. The van der Waals surface area contributed by atoms with Crippen LogP contribution in [0.4, 0.5) is 0 Å². The number of Topliss-reactive ketones (excluding diaryl/α,β-unsaturated/α-hetero) is 1.